The predicted molar refractivity (Wildman–Crippen MR) is 128 cm³/mol. The molecule has 0 saturated carbocycles. The smallest absolute Gasteiger partial charge is 0.263 e. The molecule has 1 N–H and O–H groups in total. The Balaban J connectivity index is 1.64. The molecule has 1 aliphatic carbocycles. The highest BCUT2D eigenvalue weighted by atomic mass is 35.5. The zero-order valence-corrected chi connectivity index (χ0v) is 19.6. The Labute approximate surface area is 193 Å². The van der Waals surface area contributed by atoms with Crippen LogP contribution < -0.4 is 15.6 Å². The molecule has 1 amide bonds. The van der Waals surface area contributed by atoms with Gasteiger partial charge in [0, 0.05) is 16.4 Å². The number of aryl methyl sites for hydroxylation is 2. The van der Waals surface area contributed by atoms with E-state index in [4.69, 9.17) is 21.3 Å². The number of thioether (sulfide) groups is 1. The van der Waals surface area contributed by atoms with E-state index in [2.05, 4.69) is 11.9 Å². The summed E-state index contributed by atoms with van der Waals surface area (Å²) >= 11 is 8.90. The van der Waals surface area contributed by atoms with Gasteiger partial charge >= 0.3 is 0 Å². The van der Waals surface area contributed by atoms with Crippen LogP contribution in [-0.4, -0.2) is 27.8 Å². The highest BCUT2D eigenvalue weighted by Crippen LogP contribution is 2.36. The van der Waals surface area contributed by atoms with Gasteiger partial charge in [-0.25, -0.2) is 4.98 Å². The second-order valence-corrected chi connectivity index (χ2v) is 10.1. The van der Waals surface area contributed by atoms with Crippen LogP contribution in [-0.2, 0) is 24.2 Å². The molecular formula is C22H22ClN3O3S2. The number of carbonyl (C=O) groups excluding carboxylic acids is 1. The molecule has 0 fully saturated rings. The number of nitrogens with zero attached hydrogens (tertiary/aromatic N) is 2. The Morgan fingerprint density at radius 1 is 1.48 bits per heavy atom. The lowest BCUT2D eigenvalue weighted by molar-refractivity contribution is -0.115. The molecule has 0 aliphatic heterocycles. The van der Waals surface area contributed by atoms with Crippen molar-refractivity contribution in [3.05, 3.63) is 56.7 Å². The minimum atomic E-state index is -0.504. The molecule has 1 aliphatic rings. The van der Waals surface area contributed by atoms with Crippen molar-refractivity contribution >= 4 is 56.5 Å². The van der Waals surface area contributed by atoms with E-state index < -0.39 is 5.25 Å². The first-order valence-electron chi connectivity index (χ1n) is 9.90. The number of halogens is 1. The maximum absolute atomic E-state index is 13.3. The highest BCUT2D eigenvalue weighted by molar-refractivity contribution is 8.00. The molecule has 2 heterocycles. The summed E-state index contributed by atoms with van der Waals surface area (Å²) in [5.41, 5.74) is 1.58. The standard InChI is InChI=1S/C22H22ClN3O3S2/c1-4-10-26-21(28)18-14-6-5-7-17(14)31-20(18)25-22(26)30-12(2)19(27)24-15-11-13(23)8-9-16(15)29-3/h4,8-9,11-12H,1,5-7,10H2,2-3H3,(H,24,27)/t12-/m1/s1. The molecule has 3 aromatic rings. The Kier molecular flexibility index (Phi) is 6.41. The van der Waals surface area contributed by atoms with Crippen LogP contribution in [0.2, 0.25) is 5.02 Å². The van der Waals surface area contributed by atoms with Crippen LogP contribution in [0, 0.1) is 0 Å². The number of hydrogen-bond acceptors (Lipinski definition) is 6. The first-order valence-corrected chi connectivity index (χ1v) is 12.0. The fraction of sp³-hybridized carbons (Fsp3) is 0.318. The van der Waals surface area contributed by atoms with Crippen molar-refractivity contribution in [3.8, 4) is 5.75 Å². The zero-order valence-electron chi connectivity index (χ0n) is 17.2. The molecule has 1 atom stereocenters. The van der Waals surface area contributed by atoms with E-state index in [-0.39, 0.29) is 11.5 Å². The van der Waals surface area contributed by atoms with E-state index in [1.165, 1.54) is 23.7 Å². The average Bonchev–Trinajstić information content (AvgIpc) is 3.31. The highest BCUT2D eigenvalue weighted by Gasteiger charge is 2.25. The zero-order chi connectivity index (χ0) is 22.1. The van der Waals surface area contributed by atoms with Gasteiger partial charge in [0.1, 0.15) is 10.6 Å². The first kappa shape index (κ1) is 21.9. The lowest BCUT2D eigenvalue weighted by atomic mass is 10.2. The van der Waals surface area contributed by atoms with Crippen LogP contribution in [0.15, 0.2) is 40.8 Å². The quantitative estimate of drug-likeness (QED) is 0.298. The molecule has 4 rings (SSSR count). The number of rotatable bonds is 7. The fourth-order valence-corrected chi connectivity index (χ4v) is 6.05. The Hall–Kier alpha value is -2.29. The van der Waals surface area contributed by atoms with Gasteiger partial charge in [0.2, 0.25) is 5.91 Å². The lowest BCUT2D eigenvalue weighted by Crippen LogP contribution is -2.27. The minimum absolute atomic E-state index is 0.0593. The minimum Gasteiger partial charge on any atom is -0.495 e. The van der Waals surface area contributed by atoms with E-state index in [1.54, 1.807) is 47.1 Å². The van der Waals surface area contributed by atoms with Crippen molar-refractivity contribution in [2.45, 2.75) is 43.1 Å². The van der Waals surface area contributed by atoms with E-state index >= 15 is 0 Å². The lowest BCUT2D eigenvalue weighted by Gasteiger charge is -2.16. The number of methoxy groups -OCH3 is 1. The number of ether oxygens (including phenoxy) is 1. The maximum Gasteiger partial charge on any atom is 0.263 e. The number of carbonyl (C=O) groups is 1. The molecule has 2 aromatic heterocycles. The van der Waals surface area contributed by atoms with Crippen molar-refractivity contribution in [1.29, 1.82) is 0 Å². The summed E-state index contributed by atoms with van der Waals surface area (Å²) in [5.74, 6) is 0.282. The van der Waals surface area contributed by atoms with Gasteiger partial charge < -0.3 is 10.1 Å². The summed E-state index contributed by atoms with van der Waals surface area (Å²) in [6, 6.07) is 5.03. The van der Waals surface area contributed by atoms with E-state index in [9.17, 15) is 9.59 Å². The number of allylic oxidation sites excluding steroid dienone is 1. The monoisotopic (exact) mass is 475 g/mol. The number of thiophene rings is 1. The van der Waals surface area contributed by atoms with Crippen LogP contribution in [0.3, 0.4) is 0 Å². The van der Waals surface area contributed by atoms with E-state index in [0.717, 1.165) is 35.0 Å². The van der Waals surface area contributed by atoms with Crippen LogP contribution in [0.5, 0.6) is 5.75 Å². The molecule has 0 spiro atoms. The van der Waals surface area contributed by atoms with Crippen molar-refractivity contribution < 1.29 is 9.53 Å². The van der Waals surface area contributed by atoms with Gasteiger partial charge in [-0.3, -0.25) is 14.2 Å². The Morgan fingerprint density at radius 2 is 2.29 bits per heavy atom. The van der Waals surface area contributed by atoms with Crippen LogP contribution in [0.1, 0.15) is 23.8 Å². The summed E-state index contributed by atoms with van der Waals surface area (Å²) < 4.78 is 6.90. The molecule has 162 valence electrons. The summed E-state index contributed by atoms with van der Waals surface area (Å²) in [6.45, 7) is 5.89. The van der Waals surface area contributed by atoms with Crippen molar-refractivity contribution in [2.75, 3.05) is 12.4 Å². The van der Waals surface area contributed by atoms with Gasteiger partial charge in [-0.15, -0.1) is 17.9 Å². The summed E-state index contributed by atoms with van der Waals surface area (Å²) in [4.78, 5) is 32.9. The third kappa shape index (κ3) is 4.24. The van der Waals surface area contributed by atoms with Gasteiger partial charge in [-0.2, -0.15) is 0 Å². The normalized spacial score (nSPS) is 13.8. The maximum atomic E-state index is 13.3. The van der Waals surface area contributed by atoms with E-state index in [0.29, 0.717) is 28.2 Å². The molecule has 0 unspecified atom stereocenters. The SMILES string of the molecule is C=CCn1c(S[C@H](C)C(=O)Nc2cc(Cl)ccc2OC)nc2sc3c(c2c1=O)CCC3. The number of hydrogen-bond donors (Lipinski definition) is 1. The number of anilines is 1. The molecule has 0 bridgehead atoms. The number of amides is 1. The molecule has 31 heavy (non-hydrogen) atoms. The van der Waals surface area contributed by atoms with Crippen LogP contribution in [0.25, 0.3) is 10.2 Å². The molecule has 0 saturated heterocycles. The van der Waals surface area contributed by atoms with Gasteiger partial charge in [0.05, 0.1) is 23.4 Å². The second-order valence-electron chi connectivity index (χ2n) is 7.23. The molecule has 6 nitrogen and oxygen atoms in total. The third-order valence-corrected chi connectivity index (χ3v) is 7.68. The third-order valence-electron chi connectivity index (χ3n) is 5.17. The summed E-state index contributed by atoms with van der Waals surface area (Å²) in [6.07, 6.45) is 4.68. The Bertz CT molecular complexity index is 1230. The number of benzene rings is 1. The van der Waals surface area contributed by atoms with Crippen LogP contribution >= 0.6 is 34.7 Å². The number of nitrogens with one attached hydrogen (secondary N) is 1. The molecule has 9 heteroatoms. The van der Waals surface area contributed by atoms with Crippen molar-refractivity contribution in [2.24, 2.45) is 0 Å². The predicted octanol–water partition coefficient (Wildman–Crippen LogP) is 4.91. The average molecular weight is 476 g/mol. The summed E-state index contributed by atoms with van der Waals surface area (Å²) in [7, 11) is 1.53. The molecular weight excluding hydrogens is 454 g/mol. The molecule has 1 aromatic carbocycles. The fourth-order valence-electron chi connectivity index (χ4n) is 3.66. The number of aromatic nitrogens is 2. The van der Waals surface area contributed by atoms with Crippen LogP contribution in [0.4, 0.5) is 5.69 Å². The second kappa shape index (κ2) is 9.06. The van der Waals surface area contributed by atoms with Crippen molar-refractivity contribution in [1.82, 2.24) is 9.55 Å². The largest absolute Gasteiger partial charge is 0.495 e. The molecule has 0 radical (unpaired) electrons. The van der Waals surface area contributed by atoms with Gasteiger partial charge in [0.15, 0.2) is 5.16 Å². The Morgan fingerprint density at radius 3 is 3.03 bits per heavy atom. The number of fused-ring (bicyclic) bond motifs is 3. The van der Waals surface area contributed by atoms with Gasteiger partial charge in [-0.1, -0.05) is 29.4 Å². The van der Waals surface area contributed by atoms with Gasteiger partial charge in [0.25, 0.3) is 5.56 Å². The van der Waals surface area contributed by atoms with Crippen molar-refractivity contribution in [3.63, 3.8) is 0 Å². The first-order chi connectivity index (χ1) is 14.9. The van der Waals surface area contributed by atoms with Gasteiger partial charge in [-0.05, 0) is 49.9 Å². The summed E-state index contributed by atoms with van der Waals surface area (Å²) in [5, 5.41) is 4.08. The van der Waals surface area contributed by atoms with E-state index in [1.807, 2.05) is 0 Å². The topological polar surface area (TPSA) is 73.2 Å².